The minimum Gasteiger partial charge on any atom is -0.361 e. The van der Waals surface area contributed by atoms with Gasteiger partial charge < -0.3 is 4.90 Å². The van der Waals surface area contributed by atoms with Crippen LogP contribution in [0.1, 0.15) is 11.1 Å². The summed E-state index contributed by atoms with van der Waals surface area (Å²) in [6.45, 7) is 0.977. The molecule has 108 valence electrons. The van der Waals surface area contributed by atoms with E-state index in [0.717, 1.165) is 17.2 Å². The maximum atomic E-state index is 13.2. The van der Waals surface area contributed by atoms with Crippen molar-refractivity contribution in [1.29, 1.82) is 0 Å². The Bertz CT molecular complexity index is 719. The molecule has 3 rings (SSSR count). The molecular formula is C15H12F2N2O2. The second-order valence-corrected chi connectivity index (χ2v) is 4.97. The fourth-order valence-electron chi connectivity index (χ4n) is 2.64. The molecule has 0 N–H and O–H groups in total. The lowest BCUT2D eigenvalue weighted by atomic mass is 9.99. The first-order chi connectivity index (χ1) is 10.0. The van der Waals surface area contributed by atoms with Crippen LogP contribution in [0.3, 0.4) is 0 Å². The third kappa shape index (κ3) is 2.56. The maximum Gasteiger partial charge on any atom is 0.295 e. The number of hydrogen-bond donors (Lipinski definition) is 0. The van der Waals surface area contributed by atoms with E-state index in [4.69, 9.17) is 0 Å². The number of nitro groups is 1. The minimum atomic E-state index is -0.634. The highest BCUT2D eigenvalue weighted by molar-refractivity contribution is 5.64. The van der Waals surface area contributed by atoms with Gasteiger partial charge in [0, 0.05) is 13.1 Å². The summed E-state index contributed by atoms with van der Waals surface area (Å²) in [7, 11) is 0. The molecule has 0 aromatic heterocycles. The molecule has 0 saturated heterocycles. The van der Waals surface area contributed by atoms with Gasteiger partial charge in [-0.1, -0.05) is 6.07 Å². The number of anilines is 1. The number of nitrogens with zero attached hydrogens (tertiary/aromatic N) is 2. The van der Waals surface area contributed by atoms with Gasteiger partial charge in [-0.3, -0.25) is 10.1 Å². The third-order valence-corrected chi connectivity index (χ3v) is 3.66. The molecule has 4 nitrogen and oxygen atoms in total. The van der Waals surface area contributed by atoms with E-state index < -0.39 is 10.7 Å². The van der Waals surface area contributed by atoms with Crippen LogP contribution in [0.15, 0.2) is 36.4 Å². The minimum absolute atomic E-state index is 0.249. The topological polar surface area (TPSA) is 46.4 Å². The summed E-state index contributed by atoms with van der Waals surface area (Å²) in [6.07, 6.45) is 0.599. The van der Waals surface area contributed by atoms with Gasteiger partial charge >= 0.3 is 0 Å². The van der Waals surface area contributed by atoms with Crippen molar-refractivity contribution in [3.8, 4) is 0 Å². The van der Waals surface area contributed by atoms with Gasteiger partial charge in [0.25, 0.3) is 5.69 Å². The van der Waals surface area contributed by atoms with Gasteiger partial charge in [0.05, 0.1) is 11.0 Å². The van der Waals surface area contributed by atoms with Crippen molar-refractivity contribution in [3.63, 3.8) is 0 Å². The molecule has 6 heteroatoms. The molecule has 0 spiro atoms. The lowest BCUT2D eigenvalue weighted by Crippen LogP contribution is -2.30. The summed E-state index contributed by atoms with van der Waals surface area (Å²) in [5.74, 6) is -0.917. The van der Waals surface area contributed by atoms with E-state index in [1.54, 1.807) is 6.07 Å². The highest BCUT2D eigenvalue weighted by atomic mass is 19.1. The van der Waals surface area contributed by atoms with Gasteiger partial charge in [-0.15, -0.1) is 0 Å². The van der Waals surface area contributed by atoms with Crippen LogP contribution in [-0.4, -0.2) is 11.5 Å². The molecule has 0 atom stereocenters. The van der Waals surface area contributed by atoms with Crippen LogP contribution in [0.5, 0.6) is 0 Å². The molecule has 0 fully saturated rings. The lowest BCUT2D eigenvalue weighted by molar-refractivity contribution is -0.384. The lowest BCUT2D eigenvalue weighted by Gasteiger charge is -2.30. The molecule has 2 aromatic rings. The molecule has 2 aromatic carbocycles. The molecule has 0 bridgehead atoms. The number of halogens is 2. The Morgan fingerprint density at radius 3 is 2.52 bits per heavy atom. The Morgan fingerprint density at radius 2 is 1.76 bits per heavy atom. The van der Waals surface area contributed by atoms with Crippen LogP contribution in [-0.2, 0) is 13.0 Å². The number of benzene rings is 2. The first-order valence-electron chi connectivity index (χ1n) is 6.51. The zero-order chi connectivity index (χ0) is 15.0. The van der Waals surface area contributed by atoms with E-state index in [2.05, 4.69) is 0 Å². The number of nitro benzene ring substituents is 1. The fourth-order valence-corrected chi connectivity index (χ4v) is 2.64. The third-order valence-electron chi connectivity index (χ3n) is 3.66. The summed E-state index contributed by atoms with van der Waals surface area (Å²) in [5.41, 5.74) is 1.98. The predicted molar refractivity (Wildman–Crippen MR) is 74.2 cm³/mol. The molecule has 21 heavy (non-hydrogen) atoms. The quantitative estimate of drug-likeness (QED) is 0.628. The Labute approximate surface area is 119 Å². The van der Waals surface area contributed by atoms with Gasteiger partial charge in [-0.25, -0.2) is 8.78 Å². The van der Waals surface area contributed by atoms with E-state index in [1.807, 2.05) is 4.90 Å². The van der Waals surface area contributed by atoms with Crippen LogP contribution < -0.4 is 4.90 Å². The number of rotatable bonds is 2. The van der Waals surface area contributed by atoms with Crippen molar-refractivity contribution in [2.75, 3.05) is 11.4 Å². The molecule has 1 aliphatic rings. The maximum absolute atomic E-state index is 13.2. The average molecular weight is 290 g/mol. The van der Waals surface area contributed by atoms with Gasteiger partial charge in [-0.05, 0) is 41.8 Å². The van der Waals surface area contributed by atoms with E-state index >= 15 is 0 Å². The highest BCUT2D eigenvalue weighted by Gasteiger charge is 2.24. The van der Waals surface area contributed by atoms with Gasteiger partial charge in [0.2, 0.25) is 0 Å². The second kappa shape index (κ2) is 5.12. The monoisotopic (exact) mass is 290 g/mol. The Balaban J connectivity index is 1.96. The zero-order valence-electron chi connectivity index (χ0n) is 11.1. The molecule has 0 saturated carbocycles. The summed E-state index contributed by atoms with van der Waals surface area (Å²) in [6, 6.07) is 8.11. The molecule has 0 amide bonds. The van der Waals surface area contributed by atoms with E-state index in [-0.39, 0.29) is 11.5 Å². The molecule has 1 heterocycles. The van der Waals surface area contributed by atoms with Crippen molar-refractivity contribution < 1.29 is 13.7 Å². The van der Waals surface area contributed by atoms with Gasteiger partial charge in [0.1, 0.15) is 17.3 Å². The van der Waals surface area contributed by atoms with Crippen LogP contribution in [0, 0.1) is 21.7 Å². The van der Waals surface area contributed by atoms with Crippen molar-refractivity contribution in [3.05, 3.63) is 69.3 Å². The summed E-state index contributed by atoms with van der Waals surface area (Å²) in [4.78, 5) is 12.3. The molecular weight excluding hydrogens is 278 g/mol. The SMILES string of the molecule is O=[N+]([O-])c1cc(F)ccc1N1CCc2cc(F)ccc2C1. The average Bonchev–Trinajstić information content (AvgIpc) is 2.46. The first kappa shape index (κ1) is 13.5. The van der Waals surface area contributed by atoms with Crippen LogP contribution in [0.4, 0.5) is 20.2 Å². The van der Waals surface area contributed by atoms with Crippen molar-refractivity contribution in [2.24, 2.45) is 0 Å². The highest BCUT2D eigenvalue weighted by Crippen LogP contribution is 2.32. The normalized spacial score (nSPS) is 13.9. The van der Waals surface area contributed by atoms with Crippen molar-refractivity contribution in [1.82, 2.24) is 0 Å². The van der Waals surface area contributed by atoms with Gasteiger partial charge in [0.15, 0.2) is 0 Å². The summed E-state index contributed by atoms with van der Waals surface area (Å²) >= 11 is 0. The fraction of sp³-hybridized carbons (Fsp3) is 0.200. The first-order valence-corrected chi connectivity index (χ1v) is 6.51. The predicted octanol–water partition coefficient (Wildman–Crippen LogP) is 3.44. The Hall–Kier alpha value is -2.50. The molecule has 0 unspecified atom stereocenters. The largest absolute Gasteiger partial charge is 0.361 e. The van der Waals surface area contributed by atoms with E-state index in [9.17, 15) is 18.9 Å². The van der Waals surface area contributed by atoms with E-state index in [0.29, 0.717) is 25.2 Å². The summed E-state index contributed by atoms with van der Waals surface area (Å²) < 4.78 is 26.4. The van der Waals surface area contributed by atoms with Crippen molar-refractivity contribution in [2.45, 2.75) is 13.0 Å². The van der Waals surface area contributed by atoms with Crippen molar-refractivity contribution >= 4 is 11.4 Å². The van der Waals surface area contributed by atoms with E-state index in [1.165, 1.54) is 24.3 Å². The molecule has 0 radical (unpaired) electrons. The second-order valence-electron chi connectivity index (χ2n) is 4.97. The number of fused-ring (bicyclic) bond motifs is 1. The van der Waals surface area contributed by atoms with Crippen LogP contribution >= 0.6 is 0 Å². The Kier molecular flexibility index (Phi) is 3.29. The Morgan fingerprint density at radius 1 is 1.05 bits per heavy atom. The smallest absolute Gasteiger partial charge is 0.295 e. The zero-order valence-corrected chi connectivity index (χ0v) is 11.1. The standard InChI is InChI=1S/C15H12F2N2O2/c16-12-2-1-11-9-18(6-5-10(11)7-12)14-4-3-13(17)8-15(14)19(20)21/h1-4,7-8H,5-6,9H2. The van der Waals surface area contributed by atoms with Gasteiger partial charge in [-0.2, -0.15) is 0 Å². The summed E-state index contributed by atoms with van der Waals surface area (Å²) in [5, 5.41) is 11.1. The molecule has 1 aliphatic heterocycles. The molecule has 0 aliphatic carbocycles. The number of hydrogen-bond acceptors (Lipinski definition) is 3. The van der Waals surface area contributed by atoms with Crippen LogP contribution in [0.25, 0.3) is 0 Å². The van der Waals surface area contributed by atoms with Crippen LogP contribution in [0.2, 0.25) is 0 Å².